The fourth-order valence-corrected chi connectivity index (χ4v) is 2.95. The Balaban J connectivity index is 2.49. The molecule has 0 amide bonds. The Morgan fingerprint density at radius 2 is 1.79 bits per heavy atom. The van der Waals surface area contributed by atoms with Crippen molar-refractivity contribution in [3.8, 4) is 0 Å². The quantitative estimate of drug-likeness (QED) is 0.865. The van der Waals surface area contributed by atoms with Gasteiger partial charge in [-0.1, -0.05) is 18.2 Å². The number of hydrogen-bond acceptors (Lipinski definition) is 3. The summed E-state index contributed by atoms with van der Waals surface area (Å²) in [7, 11) is -3.70. The minimum atomic E-state index is -3.70. The minimum Gasteiger partial charge on any atom is -0.478 e. The lowest BCUT2D eigenvalue weighted by molar-refractivity contribution is -0.131. The Kier molecular flexibility index (Phi) is 3.52. The van der Waals surface area contributed by atoms with E-state index < -0.39 is 16.0 Å². The summed E-state index contributed by atoms with van der Waals surface area (Å²) in [4.78, 5) is 10.6. The molecule has 19 heavy (non-hydrogen) atoms. The largest absolute Gasteiger partial charge is 0.478 e. The van der Waals surface area contributed by atoms with Gasteiger partial charge in [0.15, 0.2) is 0 Å². The van der Waals surface area contributed by atoms with Gasteiger partial charge in [-0.25, -0.2) is 17.2 Å². The van der Waals surface area contributed by atoms with Crippen molar-refractivity contribution in [2.45, 2.75) is 4.90 Å². The van der Waals surface area contributed by atoms with E-state index in [-0.39, 0.29) is 10.6 Å². The molecule has 0 unspecified atom stereocenters. The van der Waals surface area contributed by atoms with E-state index in [4.69, 9.17) is 5.11 Å². The number of carbonyl (C=O) groups is 1. The van der Waals surface area contributed by atoms with Gasteiger partial charge in [0.1, 0.15) is 0 Å². The Bertz CT molecular complexity index is 714. The molecule has 0 saturated carbocycles. The van der Waals surface area contributed by atoms with E-state index in [0.29, 0.717) is 0 Å². The third-order valence-electron chi connectivity index (χ3n) is 2.44. The highest BCUT2D eigenvalue weighted by molar-refractivity contribution is 7.90. The van der Waals surface area contributed by atoms with Crippen molar-refractivity contribution >= 4 is 22.1 Å². The zero-order chi connectivity index (χ0) is 13.9. The number of hydrogen-bond donors (Lipinski definition) is 1. The first-order valence-corrected chi connectivity index (χ1v) is 6.85. The molecule has 1 aromatic carbocycles. The number of benzene rings is 1. The van der Waals surface area contributed by atoms with Crippen molar-refractivity contribution in [3.63, 3.8) is 0 Å². The van der Waals surface area contributed by atoms with E-state index in [1.54, 1.807) is 24.3 Å². The molecule has 1 aromatic heterocycles. The molecule has 0 aliphatic carbocycles. The summed E-state index contributed by atoms with van der Waals surface area (Å²) in [6.45, 7) is 0. The van der Waals surface area contributed by atoms with E-state index in [9.17, 15) is 13.2 Å². The molecule has 0 saturated heterocycles. The summed E-state index contributed by atoms with van der Waals surface area (Å²) in [5, 5.41) is 8.58. The number of aliphatic carboxylic acids is 1. The van der Waals surface area contributed by atoms with E-state index >= 15 is 0 Å². The zero-order valence-electron chi connectivity index (χ0n) is 9.80. The van der Waals surface area contributed by atoms with E-state index in [2.05, 4.69) is 0 Å². The molecule has 0 radical (unpaired) electrons. The predicted molar refractivity (Wildman–Crippen MR) is 70.1 cm³/mol. The molecule has 2 aromatic rings. The molecule has 0 atom stereocenters. The maximum atomic E-state index is 12.3. The highest BCUT2D eigenvalue weighted by Crippen LogP contribution is 2.17. The van der Waals surface area contributed by atoms with Crippen LogP contribution < -0.4 is 0 Å². The average Bonchev–Trinajstić information content (AvgIpc) is 2.86. The van der Waals surface area contributed by atoms with Gasteiger partial charge in [0.2, 0.25) is 0 Å². The Hall–Kier alpha value is -2.34. The van der Waals surface area contributed by atoms with Crippen molar-refractivity contribution in [1.82, 2.24) is 3.97 Å². The molecule has 0 spiro atoms. The van der Waals surface area contributed by atoms with Gasteiger partial charge >= 0.3 is 5.97 Å². The lowest BCUT2D eigenvalue weighted by Gasteiger charge is -2.07. The number of aromatic nitrogens is 1. The second-order valence-electron chi connectivity index (χ2n) is 3.72. The first kappa shape index (κ1) is 13.1. The second-order valence-corrected chi connectivity index (χ2v) is 5.53. The smallest absolute Gasteiger partial charge is 0.328 e. The van der Waals surface area contributed by atoms with Crippen molar-refractivity contribution in [2.24, 2.45) is 0 Å². The summed E-state index contributed by atoms with van der Waals surface area (Å²) in [5.74, 6) is -1.13. The van der Waals surface area contributed by atoms with Crippen LogP contribution in [0.1, 0.15) is 5.69 Å². The Morgan fingerprint density at radius 1 is 1.11 bits per heavy atom. The van der Waals surface area contributed by atoms with Crippen LogP contribution in [0.2, 0.25) is 0 Å². The van der Waals surface area contributed by atoms with Gasteiger partial charge in [-0.3, -0.25) is 0 Å². The minimum absolute atomic E-state index is 0.149. The Morgan fingerprint density at radius 3 is 2.42 bits per heavy atom. The molecule has 0 fully saturated rings. The van der Waals surface area contributed by atoms with Crippen molar-refractivity contribution in [2.75, 3.05) is 0 Å². The number of carboxylic acids is 1. The van der Waals surface area contributed by atoms with Crippen LogP contribution in [0.5, 0.6) is 0 Å². The van der Waals surface area contributed by atoms with Crippen LogP contribution in [0.3, 0.4) is 0 Å². The molecule has 98 valence electrons. The third-order valence-corrected chi connectivity index (χ3v) is 4.16. The van der Waals surface area contributed by atoms with Gasteiger partial charge in [-0.2, -0.15) is 0 Å². The van der Waals surface area contributed by atoms with E-state index in [1.165, 1.54) is 30.5 Å². The second kappa shape index (κ2) is 5.11. The standard InChI is InChI=1S/C13H11NO4S/c15-13(16)9-8-11-5-4-10-14(11)19(17,18)12-6-2-1-3-7-12/h1-10H,(H,15,16)/b9-8+. The maximum absolute atomic E-state index is 12.3. The fraction of sp³-hybridized carbons (Fsp3) is 0. The van der Waals surface area contributed by atoms with E-state index in [0.717, 1.165) is 10.0 Å². The highest BCUT2D eigenvalue weighted by atomic mass is 32.2. The summed E-state index contributed by atoms with van der Waals surface area (Å²) in [5.41, 5.74) is 0.284. The van der Waals surface area contributed by atoms with Gasteiger partial charge < -0.3 is 5.11 Å². The summed E-state index contributed by atoms with van der Waals surface area (Å²) >= 11 is 0. The number of rotatable bonds is 4. The van der Waals surface area contributed by atoms with Crippen LogP contribution in [0.4, 0.5) is 0 Å². The summed E-state index contributed by atoms with van der Waals surface area (Å²) in [6.07, 6.45) is 3.51. The summed E-state index contributed by atoms with van der Waals surface area (Å²) < 4.78 is 25.7. The highest BCUT2D eigenvalue weighted by Gasteiger charge is 2.17. The molecular weight excluding hydrogens is 266 g/mol. The molecule has 2 rings (SSSR count). The lowest BCUT2D eigenvalue weighted by Crippen LogP contribution is -2.13. The molecule has 0 bridgehead atoms. The third kappa shape index (κ3) is 2.74. The van der Waals surface area contributed by atoms with Gasteiger partial charge in [-0.15, -0.1) is 0 Å². The zero-order valence-corrected chi connectivity index (χ0v) is 10.6. The van der Waals surface area contributed by atoms with Crippen LogP contribution in [-0.2, 0) is 14.8 Å². The molecule has 0 aliphatic heterocycles. The molecule has 0 aliphatic rings. The molecule has 1 heterocycles. The normalized spacial score (nSPS) is 11.8. The first-order chi connectivity index (χ1) is 9.01. The molecular formula is C13H11NO4S. The van der Waals surface area contributed by atoms with Crippen LogP contribution in [-0.4, -0.2) is 23.5 Å². The van der Waals surface area contributed by atoms with Gasteiger partial charge in [0, 0.05) is 12.3 Å². The van der Waals surface area contributed by atoms with Crippen LogP contribution in [0, 0.1) is 0 Å². The lowest BCUT2D eigenvalue weighted by atomic mass is 10.4. The predicted octanol–water partition coefficient (Wildman–Crippen LogP) is 1.82. The van der Waals surface area contributed by atoms with Gasteiger partial charge in [-0.05, 0) is 30.3 Å². The van der Waals surface area contributed by atoms with Crippen LogP contribution in [0.15, 0.2) is 59.6 Å². The van der Waals surface area contributed by atoms with E-state index in [1.807, 2.05) is 0 Å². The number of carboxylic acid groups (broad SMARTS) is 1. The van der Waals surface area contributed by atoms with Gasteiger partial charge in [0.05, 0.1) is 10.6 Å². The topological polar surface area (TPSA) is 76.4 Å². The van der Waals surface area contributed by atoms with Crippen LogP contribution in [0.25, 0.3) is 6.08 Å². The summed E-state index contributed by atoms with van der Waals surface area (Å²) in [6, 6.07) is 11.0. The molecule has 6 heteroatoms. The maximum Gasteiger partial charge on any atom is 0.328 e. The fourth-order valence-electron chi connectivity index (χ4n) is 1.59. The Labute approximate surface area is 110 Å². The monoisotopic (exact) mass is 277 g/mol. The van der Waals surface area contributed by atoms with Crippen molar-refractivity contribution in [1.29, 1.82) is 0 Å². The van der Waals surface area contributed by atoms with Crippen molar-refractivity contribution < 1.29 is 18.3 Å². The van der Waals surface area contributed by atoms with Crippen molar-refractivity contribution in [3.05, 3.63) is 60.4 Å². The molecule has 1 N–H and O–H groups in total. The average molecular weight is 277 g/mol. The van der Waals surface area contributed by atoms with Crippen LogP contribution >= 0.6 is 0 Å². The SMILES string of the molecule is O=C(O)/C=C/c1cccn1S(=O)(=O)c1ccccc1. The first-order valence-electron chi connectivity index (χ1n) is 5.41. The number of nitrogens with zero attached hydrogens (tertiary/aromatic N) is 1. The van der Waals surface area contributed by atoms with Gasteiger partial charge in [0.25, 0.3) is 10.0 Å². The molecule has 5 nitrogen and oxygen atoms in total.